The van der Waals surface area contributed by atoms with E-state index in [-0.39, 0.29) is 12.0 Å². The predicted molar refractivity (Wildman–Crippen MR) is 32.9 cm³/mol. The lowest BCUT2D eigenvalue weighted by molar-refractivity contribution is -0.137. The Kier molecular flexibility index (Phi) is 1.73. The predicted octanol–water partition coefficient (Wildman–Crippen LogP) is 0.320. The SMILES string of the molecule is CC1(C(F)CN)COC1. The summed E-state index contributed by atoms with van der Waals surface area (Å²) in [4.78, 5) is 0. The van der Waals surface area contributed by atoms with Gasteiger partial charge in [0.15, 0.2) is 0 Å². The maximum atomic E-state index is 12.8. The quantitative estimate of drug-likeness (QED) is 0.588. The van der Waals surface area contributed by atoms with E-state index in [0.29, 0.717) is 13.2 Å². The Hall–Kier alpha value is -0.150. The highest BCUT2D eigenvalue weighted by Crippen LogP contribution is 2.31. The zero-order valence-electron chi connectivity index (χ0n) is 5.56. The van der Waals surface area contributed by atoms with Crippen molar-refractivity contribution in [3.05, 3.63) is 0 Å². The molecule has 2 nitrogen and oxygen atoms in total. The van der Waals surface area contributed by atoms with Crippen molar-refractivity contribution in [1.82, 2.24) is 0 Å². The standard InChI is InChI=1S/C6H12FNO/c1-6(3-9-4-6)5(7)2-8/h5H,2-4,8H2,1H3. The Labute approximate surface area is 54.2 Å². The van der Waals surface area contributed by atoms with Gasteiger partial charge in [0.2, 0.25) is 0 Å². The van der Waals surface area contributed by atoms with Gasteiger partial charge in [0.05, 0.1) is 13.2 Å². The Bertz CT molecular complexity index is 103. The number of ether oxygens (including phenoxy) is 1. The van der Waals surface area contributed by atoms with Crippen LogP contribution in [0.4, 0.5) is 4.39 Å². The largest absolute Gasteiger partial charge is 0.380 e. The van der Waals surface area contributed by atoms with E-state index in [2.05, 4.69) is 0 Å². The van der Waals surface area contributed by atoms with E-state index >= 15 is 0 Å². The van der Waals surface area contributed by atoms with Crippen LogP contribution in [0.1, 0.15) is 6.92 Å². The van der Waals surface area contributed by atoms with Crippen molar-refractivity contribution in [3.63, 3.8) is 0 Å². The smallest absolute Gasteiger partial charge is 0.122 e. The van der Waals surface area contributed by atoms with Gasteiger partial charge in [0.25, 0.3) is 0 Å². The summed E-state index contributed by atoms with van der Waals surface area (Å²) >= 11 is 0. The average molecular weight is 133 g/mol. The first kappa shape index (κ1) is 6.96. The summed E-state index contributed by atoms with van der Waals surface area (Å²) in [6.07, 6.45) is -0.897. The second kappa shape index (κ2) is 2.23. The van der Waals surface area contributed by atoms with Crippen molar-refractivity contribution in [2.45, 2.75) is 13.1 Å². The summed E-state index contributed by atoms with van der Waals surface area (Å²) in [5.41, 5.74) is 4.85. The minimum absolute atomic E-state index is 0.111. The van der Waals surface area contributed by atoms with E-state index in [9.17, 15) is 4.39 Å². The summed E-state index contributed by atoms with van der Waals surface area (Å²) < 4.78 is 17.6. The first-order valence-corrected chi connectivity index (χ1v) is 3.11. The van der Waals surface area contributed by atoms with Gasteiger partial charge in [-0.3, -0.25) is 0 Å². The molecule has 0 radical (unpaired) electrons. The molecule has 1 atom stereocenters. The van der Waals surface area contributed by atoms with Crippen LogP contribution >= 0.6 is 0 Å². The minimum atomic E-state index is -0.897. The number of rotatable bonds is 2. The third-order valence-electron chi connectivity index (χ3n) is 1.83. The normalized spacial score (nSPS) is 27.0. The average Bonchev–Trinajstić information content (AvgIpc) is 1.81. The molecule has 0 spiro atoms. The topological polar surface area (TPSA) is 35.2 Å². The van der Waals surface area contributed by atoms with Crippen LogP contribution in [0.15, 0.2) is 0 Å². The Balaban J connectivity index is 2.38. The molecule has 0 bridgehead atoms. The fraction of sp³-hybridized carbons (Fsp3) is 1.00. The van der Waals surface area contributed by atoms with E-state index in [1.165, 1.54) is 0 Å². The lowest BCUT2D eigenvalue weighted by Crippen LogP contribution is -2.49. The van der Waals surface area contributed by atoms with Crippen LogP contribution in [0.2, 0.25) is 0 Å². The molecule has 0 saturated carbocycles. The molecule has 1 aliphatic heterocycles. The highest BCUT2D eigenvalue weighted by atomic mass is 19.1. The van der Waals surface area contributed by atoms with E-state index < -0.39 is 6.17 Å². The fourth-order valence-electron chi connectivity index (χ4n) is 0.889. The van der Waals surface area contributed by atoms with Gasteiger partial charge in [-0.05, 0) is 0 Å². The highest BCUT2D eigenvalue weighted by molar-refractivity contribution is 4.88. The van der Waals surface area contributed by atoms with Gasteiger partial charge in [0.1, 0.15) is 6.17 Å². The van der Waals surface area contributed by atoms with Crippen LogP contribution in [-0.2, 0) is 4.74 Å². The van der Waals surface area contributed by atoms with Gasteiger partial charge in [-0.1, -0.05) is 6.92 Å². The lowest BCUT2D eigenvalue weighted by atomic mass is 9.83. The van der Waals surface area contributed by atoms with E-state index in [1.54, 1.807) is 0 Å². The molecular weight excluding hydrogens is 121 g/mol. The fourth-order valence-corrected chi connectivity index (χ4v) is 0.889. The van der Waals surface area contributed by atoms with Gasteiger partial charge in [-0.15, -0.1) is 0 Å². The molecule has 0 aromatic rings. The van der Waals surface area contributed by atoms with Crippen molar-refractivity contribution in [2.75, 3.05) is 19.8 Å². The number of hydrogen-bond donors (Lipinski definition) is 1. The van der Waals surface area contributed by atoms with E-state index in [0.717, 1.165) is 0 Å². The first-order chi connectivity index (χ1) is 4.19. The molecule has 1 fully saturated rings. The molecule has 1 saturated heterocycles. The van der Waals surface area contributed by atoms with Crippen LogP contribution in [0.5, 0.6) is 0 Å². The number of alkyl halides is 1. The van der Waals surface area contributed by atoms with Crippen molar-refractivity contribution in [2.24, 2.45) is 11.1 Å². The summed E-state index contributed by atoms with van der Waals surface area (Å²) in [5, 5.41) is 0. The highest BCUT2D eigenvalue weighted by Gasteiger charge is 2.40. The Morgan fingerprint density at radius 1 is 1.78 bits per heavy atom. The molecule has 54 valence electrons. The second-order valence-corrected chi connectivity index (χ2v) is 2.85. The molecule has 9 heavy (non-hydrogen) atoms. The molecule has 1 heterocycles. The molecule has 2 N–H and O–H groups in total. The number of hydrogen-bond acceptors (Lipinski definition) is 2. The molecule has 3 heteroatoms. The monoisotopic (exact) mass is 133 g/mol. The maximum absolute atomic E-state index is 12.8. The molecular formula is C6H12FNO. The van der Waals surface area contributed by atoms with Crippen LogP contribution in [0.3, 0.4) is 0 Å². The van der Waals surface area contributed by atoms with Crippen LogP contribution in [-0.4, -0.2) is 25.9 Å². The second-order valence-electron chi connectivity index (χ2n) is 2.85. The molecule has 1 unspecified atom stereocenters. The molecule has 0 aliphatic carbocycles. The summed E-state index contributed by atoms with van der Waals surface area (Å²) in [5.74, 6) is 0. The summed E-state index contributed by atoms with van der Waals surface area (Å²) in [6, 6.07) is 0. The van der Waals surface area contributed by atoms with E-state index in [4.69, 9.17) is 10.5 Å². The van der Waals surface area contributed by atoms with Crippen molar-refractivity contribution in [3.8, 4) is 0 Å². The van der Waals surface area contributed by atoms with Gasteiger partial charge in [0, 0.05) is 12.0 Å². The zero-order valence-corrected chi connectivity index (χ0v) is 5.56. The van der Waals surface area contributed by atoms with Crippen molar-refractivity contribution >= 4 is 0 Å². The van der Waals surface area contributed by atoms with Crippen molar-refractivity contribution < 1.29 is 9.13 Å². The van der Waals surface area contributed by atoms with Crippen LogP contribution in [0, 0.1) is 5.41 Å². The van der Waals surface area contributed by atoms with Crippen LogP contribution < -0.4 is 5.73 Å². The minimum Gasteiger partial charge on any atom is -0.380 e. The van der Waals surface area contributed by atoms with Crippen molar-refractivity contribution in [1.29, 1.82) is 0 Å². The maximum Gasteiger partial charge on any atom is 0.122 e. The molecule has 1 rings (SSSR count). The Morgan fingerprint density at radius 3 is 2.44 bits per heavy atom. The molecule has 1 aliphatic rings. The third kappa shape index (κ3) is 1.07. The molecule has 0 aromatic heterocycles. The molecule has 0 amide bonds. The van der Waals surface area contributed by atoms with E-state index in [1.807, 2.05) is 6.92 Å². The van der Waals surface area contributed by atoms with Gasteiger partial charge >= 0.3 is 0 Å². The van der Waals surface area contributed by atoms with Gasteiger partial charge in [-0.2, -0.15) is 0 Å². The molecule has 0 aromatic carbocycles. The lowest BCUT2D eigenvalue weighted by Gasteiger charge is -2.40. The summed E-state index contributed by atoms with van der Waals surface area (Å²) in [7, 11) is 0. The van der Waals surface area contributed by atoms with Gasteiger partial charge in [-0.25, -0.2) is 4.39 Å². The van der Waals surface area contributed by atoms with Crippen LogP contribution in [0.25, 0.3) is 0 Å². The Morgan fingerprint density at radius 2 is 2.33 bits per heavy atom. The van der Waals surface area contributed by atoms with Gasteiger partial charge < -0.3 is 10.5 Å². The first-order valence-electron chi connectivity index (χ1n) is 3.11. The number of nitrogens with two attached hydrogens (primary N) is 1. The zero-order chi connectivity index (χ0) is 6.91. The summed E-state index contributed by atoms with van der Waals surface area (Å²) in [6.45, 7) is 3.00. The third-order valence-corrected chi connectivity index (χ3v) is 1.83. The number of halogens is 1.